The van der Waals surface area contributed by atoms with Crippen LogP contribution in [0.25, 0.3) is 21.6 Å². The Morgan fingerprint density at radius 1 is 1.10 bits per heavy atom. The Bertz CT molecular complexity index is 1200. The highest BCUT2D eigenvalue weighted by Crippen LogP contribution is 2.26. The number of H-pyrrole nitrogens is 1. The van der Waals surface area contributed by atoms with Crippen LogP contribution in [-0.4, -0.2) is 20.9 Å². The number of thiazole rings is 1. The number of aryl methyl sites for hydroxylation is 1. The van der Waals surface area contributed by atoms with Gasteiger partial charge in [0.15, 0.2) is 0 Å². The van der Waals surface area contributed by atoms with Gasteiger partial charge in [-0.25, -0.2) is 9.97 Å². The number of benzene rings is 2. The molecule has 0 unspecified atom stereocenters. The van der Waals surface area contributed by atoms with Gasteiger partial charge in [0.25, 0.3) is 5.56 Å². The molecular weight excluding hydrogens is 384 g/mol. The van der Waals surface area contributed by atoms with E-state index in [0.717, 1.165) is 20.8 Å². The van der Waals surface area contributed by atoms with Crippen molar-refractivity contribution in [2.75, 3.05) is 0 Å². The number of hydrogen-bond donors (Lipinski definition) is 2. The number of amides is 1. The molecule has 6 nitrogen and oxygen atoms in total. The van der Waals surface area contributed by atoms with Crippen LogP contribution in [-0.2, 0) is 11.2 Å². The van der Waals surface area contributed by atoms with E-state index < -0.39 is 0 Å². The largest absolute Gasteiger partial charge is 0.347 e. The van der Waals surface area contributed by atoms with Gasteiger partial charge in [-0.2, -0.15) is 0 Å². The number of carbonyl (C=O) groups is 1. The molecule has 4 aromatic rings. The van der Waals surface area contributed by atoms with E-state index in [1.54, 1.807) is 18.3 Å². The zero-order valence-corrected chi connectivity index (χ0v) is 16.9. The molecule has 0 fully saturated rings. The average molecular weight is 404 g/mol. The molecule has 0 saturated carbocycles. The van der Waals surface area contributed by atoms with Crippen LogP contribution in [0.5, 0.6) is 0 Å². The van der Waals surface area contributed by atoms with Gasteiger partial charge in [-0.15, -0.1) is 11.3 Å². The maximum Gasteiger partial charge on any atom is 0.255 e. The minimum atomic E-state index is -0.292. The van der Waals surface area contributed by atoms with Gasteiger partial charge >= 0.3 is 0 Å². The van der Waals surface area contributed by atoms with Gasteiger partial charge in [-0.3, -0.25) is 9.59 Å². The zero-order valence-electron chi connectivity index (χ0n) is 16.1. The van der Waals surface area contributed by atoms with Gasteiger partial charge in [0.2, 0.25) is 5.91 Å². The predicted molar refractivity (Wildman–Crippen MR) is 115 cm³/mol. The number of rotatable bonds is 5. The standard InChI is InChI=1S/C22H20N4O2S/c1-13-16(21(28)26-20(24-13)15-8-4-3-5-9-15)12-19(27)23-14(2)22-25-17-10-6-7-11-18(17)29-22/h3-11,14H,12H2,1-2H3,(H,23,27)(H,24,26,28)/t14-/m1/s1. The van der Waals surface area contributed by atoms with Crippen LogP contribution < -0.4 is 10.9 Å². The van der Waals surface area contributed by atoms with Crippen LogP contribution in [0.1, 0.15) is 29.2 Å². The summed E-state index contributed by atoms with van der Waals surface area (Å²) in [6.07, 6.45) is -0.0293. The fourth-order valence-corrected chi connectivity index (χ4v) is 4.11. The first-order chi connectivity index (χ1) is 14.0. The fourth-order valence-electron chi connectivity index (χ4n) is 3.14. The molecule has 0 spiro atoms. The van der Waals surface area contributed by atoms with Crippen LogP contribution in [0.4, 0.5) is 0 Å². The summed E-state index contributed by atoms with van der Waals surface area (Å²) in [5.74, 6) is 0.264. The highest BCUT2D eigenvalue weighted by Gasteiger charge is 2.17. The molecule has 0 saturated heterocycles. The maximum absolute atomic E-state index is 12.6. The fraction of sp³-hybridized carbons (Fsp3) is 0.182. The van der Waals surface area contributed by atoms with Crippen molar-refractivity contribution in [3.8, 4) is 11.4 Å². The molecule has 146 valence electrons. The number of nitrogens with zero attached hydrogens (tertiary/aromatic N) is 2. The van der Waals surface area contributed by atoms with Crippen LogP contribution in [0.3, 0.4) is 0 Å². The van der Waals surface area contributed by atoms with E-state index in [2.05, 4.69) is 20.3 Å². The summed E-state index contributed by atoms with van der Waals surface area (Å²) in [5, 5.41) is 3.77. The molecule has 2 heterocycles. The highest BCUT2D eigenvalue weighted by molar-refractivity contribution is 7.18. The topological polar surface area (TPSA) is 87.7 Å². The van der Waals surface area contributed by atoms with Crippen LogP contribution in [0.2, 0.25) is 0 Å². The third-order valence-electron chi connectivity index (χ3n) is 4.67. The number of aromatic nitrogens is 3. The van der Waals surface area contributed by atoms with Crippen LogP contribution in [0, 0.1) is 6.92 Å². The second-order valence-electron chi connectivity index (χ2n) is 6.83. The lowest BCUT2D eigenvalue weighted by Crippen LogP contribution is -2.31. The lowest BCUT2D eigenvalue weighted by atomic mass is 10.1. The highest BCUT2D eigenvalue weighted by atomic mass is 32.1. The van der Waals surface area contributed by atoms with Crippen molar-refractivity contribution < 1.29 is 4.79 Å². The van der Waals surface area contributed by atoms with E-state index in [4.69, 9.17) is 0 Å². The van der Waals surface area contributed by atoms with Crippen molar-refractivity contribution in [3.63, 3.8) is 0 Å². The van der Waals surface area contributed by atoms with Gasteiger partial charge < -0.3 is 10.3 Å². The second kappa shape index (κ2) is 7.97. The third kappa shape index (κ3) is 4.09. The smallest absolute Gasteiger partial charge is 0.255 e. The number of nitrogens with one attached hydrogen (secondary N) is 2. The quantitative estimate of drug-likeness (QED) is 0.530. The molecule has 1 atom stereocenters. The van der Waals surface area contributed by atoms with Crippen LogP contribution >= 0.6 is 11.3 Å². The minimum Gasteiger partial charge on any atom is -0.347 e. The number of carbonyl (C=O) groups excluding carboxylic acids is 1. The Morgan fingerprint density at radius 2 is 1.83 bits per heavy atom. The maximum atomic E-state index is 12.6. The van der Waals surface area contributed by atoms with E-state index in [-0.39, 0.29) is 23.9 Å². The molecule has 2 aromatic carbocycles. The van der Waals surface area contributed by atoms with Crippen molar-refractivity contribution in [1.82, 2.24) is 20.3 Å². The molecule has 0 aliphatic carbocycles. The Hall–Kier alpha value is -3.32. The molecule has 4 rings (SSSR count). The summed E-state index contributed by atoms with van der Waals surface area (Å²) >= 11 is 1.55. The van der Waals surface area contributed by atoms with Crippen molar-refractivity contribution >= 4 is 27.5 Å². The zero-order chi connectivity index (χ0) is 20.4. The molecule has 7 heteroatoms. The van der Waals surface area contributed by atoms with Gasteiger partial charge in [-0.1, -0.05) is 42.5 Å². The molecule has 0 aliphatic rings. The predicted octanol–water partition coefficient (Wildman–Crippen LogP) is 3.77. The van der Waals surface area contributed by atoms with Gasteiger partial charge in [-0.05, 0) is 26.0 Å². The lowest BCUT2D eigenvalue weighted by molar-refractivity contribution is -0.121. The summed E-state index contributed by atoms with van der Waals surface area (Å²) in [5.41, 5.74) is 2.38. The van der Waals surface area contributed by atoms with Crippen molar-refractivity contribution in [2.45, 2.75) is 26.3 Å². The second-order valence-corrected chi connectivity index (χ2v) is 7.89. The lowest BCUT2D eigenvalue weighted by Gasteiger charge is -2.12. The summed E-state index contributed by atoms with van der Waals surface area (Å²) in [4.78, 5) is 37.0. The molecule has 2 aromatic heterocycles. The summed E-state index contributed by atoms with van der Waals surface area (Å²) < 4.78 is 1.08. The molecule has 0 aliphatic heterocycles. The minimum absolute atomic E-state index is 0.0293. The van der Waals surface area contributed by atoms with E-state index in [0.29, 0.717) is 17.1 Å². The number of aromatic amines is 1. The molecule has 29 heavy (non-hydrogen) atoms. The first-order valence-corrected chi connectivity index (χ1v) is 10.1. The van der Waals surface area contributed by atoms with Crippen molar-refractivity contribution in [1.29, 1.82) is 0 Å². The summed E-state index contributed by atoms with van der Waals surface area (Å²) in [7, 11) is 0. The van der Waals surface area contributed by atoms with E-state index in [1.807, 2.05) is 61.5 Å². The van der Waals surface area contributed by atoms with Crippen LogP contribution in [0.15, 0.2) is 59.4 Å². The van der Waals surface area contributed by atoms with E-state index >= 15 is 0 Å². The van der Waals surface area contributed by atoms with Crippen molar-refractivity contribution in [2.24, 2.45) is 0 Å². The molecule has 0 bridgehead atoms. The SMILES string of the molecule is Cc1nc(-c2ccccc2)[nH]c(=O)c1CC(=O)N[C@H](C)c1nc2ccccc2s1. The van der Waals surface area contributed by atoms with Gasteiger partial charge in [0.1, 0.15) is 10.8 Å². The average Bonchev–Trinajstić information content (AvgIpc) is 3.16. The number of hydrogen-bond acceptors (Lipinski definition) is 5. The first kappa shape index (κ1) is 19.0. The summed E-state index contributed by atoms with van der Waals surface area (Å²) in [6, 6.07) is 17.1. The normalized spacial score (nSPS) is 12.1. The van der Waals surface area contributed by atoms with Gasteiger partial charge in [0.05, 0.1) is 22.7 Å². The van der Waals surface area contributed by atoms with Gasteiger partial charge in [0, 0.05) is 16.8 Å². The van der Waals surface area contributed by atoms with E-state index in [1.165, 1.54) is 0 Å². The number of para-hydroxylation sites is 1. The molecule has 2 N–H and O–H groups in total. The number of fused-ring (bicyclic) bond motifs is 1. The molecule has 1 amide bonds. The first-order valence-electron chi connectivity index (χ1n) is 9.31. The monoisotopic (exact) mass is 404 g/mol. The Kier molecular flexibility index (Phi) is 5.22. The summed E-state index contributed by atoms with van der Waals surface area (Å²) in [6.45, 7) is 3.64. The molecular formula is C22H20N4O2S. The Balaban J connectivity index is 1.50. The third-order valence-corrected chi connectivity index (χ3v) is 5.88. The van der Waals surface area contributed by atoms with Crippen molar-refractivity contribution in [3.05, 3.63) is 81.2 Å². The Morgan fingerprint density at radius 3 is 2.55 bits per heavy atom. The molecule has 0 radical (unpaired) electrons. The Labute approximate surface area is 171 Å². The van der Waals surface area contributed by atoms with E-state index in [9.17, 15) is 9.59 Å².